The lowest BCUT2D eigenvalue weighted by molar-refractivity contribution is -0.385. The van der Waals surface area contributed by atoms with E-state index in [9.17, 15) is 19.7 Å². The molecule has 2 atom stereocenters. The van der Waals surface area contributed by atoms with Crippen LogP contribution in [0.4, 0.5) is 5.69 Å². The van der Waals surface area contributed by atoms with Gasteiger partial charge in [0.1, 0.15) is 17.9 Å². The number of amides is 1. The number of nitro groups is 1. The molecular formula is C13H18N4O6. The maximum absolute atomic E-state index is 12.8. The largest absolute Gasteiger partial charge is 0.479 e. The summed E-state index contributed by atoms with van der Waals surface area (Å²) < 4.78 is 6.49. The van der Waals surface area contributed by atoms with Gasteiger partial charge in [0.2, 0.25) is 5.91 Å². The molecule has 2 heterocycles. The van der Waals surface area contributed by atoms with E-state index < -0.39 is 28.6 Å². The van der Waals surface area contributed by atoms with Gasteiger partial charge in [0.25, 0.3) is 0 Å². The van der Waals surface area contributed by atoms with Gasteiger partial charge < -0.3 is 14.7 Å². The fraction of sp³-hybridized carbons (Fsp3) is 0.615. The van der Waals surface area contributed by atoms with Crippen LogP contribution in [0.15, 0.2) is 12.4 Å². The Labute approximate surface area is 131 Å². The topological polar surface area (TPSA) is 128 Å². The number of ether oxygens (including phenoxy) is 1. The van der Waals surface area contributed by atoms with E-state index in [0.29, 0.717) is 0 Å². The van der Waals surface area contributed by atoms with Gasteiger partial charge in [-0.05, 0) is 20.8 Å². The smallest absolute Gasteiger partial charge is 0.334 e. The van der Waals surface area contributed by atoms with Crippen LogP contribution in [0.25, 0.3) is 0 Å². The second kappa shape index (κ2) is 5.95. The summed E-state index contributed by atoms with van der Waals surface area (Å²) in [6.07, 6.45) is 0.732. The highest BCUT2D eigenvalue weighted by atomic mass is 16.6. The molecule has 1 amide bonds. The Hall–Kier alpha value is -2.49. The molecule has 1 fully saturated rings. The summed E-state index contributed by atoms with van der Waals surface area (Å²) in [5.41, 5.74) is -1.40. The Morgan fingerprint density at radius 2 is 2.13 bits per heavy atom. The number of aliphatic carboxylic acids is 1. The van der Waals surface area contributed by atoms with Gasteiger partial charge >= 0.3 is 11.7 Å². The lowest BCUT2D eigenvalue weighted by atomic mass is 10.0. The van der Waals surface area contributed by atoms with Crippen LogP contribution in [0.2, 0.25) is 0 Å². The highest BCUT2D eigenvalue weighted by Gasteiger charge is 2.40. The summed E-state index contributed by atoms with van der Waals surface area (Å²) in [4.78, 5) is 35.4. The molecule has 10 heteroatoms. The first-order chi connectivity index (χ1) is 10.6. The molecule has 1 saturated heterocycles. The first-order valence-corrected chi connectivity index (χ1v) is 7.00. The van der Waals surface area contributed by atoms with Crippen LogP contribution in [0, 0.1) is 10.1 Å². The molecule has 1 N–H and O–H groups in total. The SMILES string of the molecule is C[C@@H]1CN(C(=O)C(C)(C)n2cc([N+](=O)[O-])cn2)CC(C(=O)O)O1. The number of hydrogen-bond donors (Lipinski definition) is 1. The van der Waals surface area contributed by atoms with Crippen LogP contribution < -0.4 is 0 Å². The Morgan fingerprint density at radius 3 is 2.65 bits per heavy atom. The molecular weight excluding hydrogens is 308 g/mol. The minimum atomic E-state index is -1.19. The van der Waals surface area contributed by atoms with Crippen LogP contribution in [-0.2, 0) is 19.9 Å². The molecule has 0 spiro atoms. The van der Waals surface area contributed by atoms with Crippen LogP contribution in [-0.4, -0.2) is 61.9 Å². The molecule has 0 saturated carbocycles. The average molecular weight is 326 g/mol. The highest BCUT2D eigenvalue weighted by Crippen LogP contribution is 2.23. The van der Waals surface area contributed by atoms with E-state index in [-0.39, 0.29) is 24.7 Å². The van der Waals surface area contributed by atoms with Crippen LogP contribution in [0.1, 0.15) is 20.8 Å². The zero-order valence-electron chi connectivity index (χ0n) is 13.0. The number of carboxylic acid groups (broad SMARTS) is 1. The number of morpholine rings is 1. The van der Waals surface area contributed by atoms with E-state index in [0.717, 1.165) is 6.20 Å². The highest BCUT2D eigenvalue weighted by molar-refractivity contribution is 5.84. The maximum atomic E-state index is 12.8. The van der Waals surface area contributed by atoms with E-state index in [1.165, 1.54) is 15.8 Å². The summed E-state index contributed by atoms with van der Waals surface area (Å²) in [6, 6.07) is 0. The van der Waals surface area contributed by atoms with E-state index >= 15 is 0 Å². The van der Waals surface area contributed by atoms with Crippen molar-refractivity contribution in [3.63, 3.8) is 0 Å². The third-order valence-corrected chi connectivity index (χ3v) is 3.70. The first-order valence-electron chi connectivity index (χ1n) is 7.00. The fourth-order valence-corrected chi connectivity index (χ4v) is 2.45. The second-order valence-corrected chi connectivity index (χ2v) is 5.94. The predicted molar refractivity (Wildman–Crippen MR) is 76.8 cm³/mol. The molecule has 1 aliphatic rings. The zero-order valence-corrected chi connectivity index (χ0v) is 13.0. The molecule has 0 aliphatic carbocycles. The number of rotatable bonds is 4. The standard InChI is InChI=1S/C13H18N4O6/c1-8-5-15(7-10(23-8)11(18)19)12(20)13(2,3)16-6-9(4-14-16)17(21)22/h4,6,8,10H,5,7H2,1-3H3,(H,18,19)/t8-,10?/m1/s1. The molecule has 126 valence electrons. The van der Waals surface area contributed by atoms with Gasteiger partial charge in [-0.2, -0.15) is 5.10 Å². The van der Waals surface area contributed by atoms with Crippen molar-refractivity contribution >= 4 is 17.6 Å². The van der Waals surface area contributed by atoms with Gasteiger partial charge in [0, 0.05) is 6.54 Å². The normalized spacial score (nSPS) is 22.0. The molecule has 23 heavy (non-hydrogen) atoms. The Bertz CT molecular complexity index is 640. The van der Waals surface area contributed by atoms with Crippen molar-refractivity contribution in [3.8, 4) is 0 Å². The predicted octanol–water partition coefficient (Wildman–Crippen LogP) is 0.227. The number of nitrogens with zero attached hydrogens (tertiary/aromatic N) is 4. The van der Waals surface area contributed by atoms with Crippen molar-refractivity contribution < 1.29 is 24.4 Å². The number of carboxylic acids is 1. The summed E-state index contributed by atoms with van der Waals surface area (Å²) in [5, 5.41) is 23.7. The summed E-state index contributed by atoms with van der Waals surface area (Å²) in [5.74, 6) is -1.52. The fourth-order valence-electron chi connectivity index (χ4n) is 2.45. The van der Waals surface area contributed by atoms with Crippen molar-refractivity contribution in [1.82, 2.24) is 14.7 Å². The molecule has 0 radical (unpaired) electrons. The van der Waals surface area contributed by atoms with E-state index in [2.05, 4.69) is 5.10 Å². The lowest BCUT2D eigenvalue weighted by Crippen LogP contribution is -2.56. The van der Waals surface area contributed by atoms with E-state index in [1.807, 2.05) is 0 Å². The summed E-state index contributed by atoms with van der Waals surface area (Å²) in [6.45, 7) is 4.99. The van der Waals surface area contributed by atoms with Crippen molar-refractivity contribution in [2.45, 2.75) is 38.5 Å². The Kier molecular flexibility index (Phi) is 4.37. The van der Waals surface area contributed by atoms with Crippen molar-refractivity contribution in [1.29, 1.82) is 0 Å². The maximum Gasteiger partial charge on any atom is 0.334 e. The third kappa shape index (κ3) is 3.31. The molecule has 1 aromatic rings. The van der Waals surface area contributed by atoms with Crippen LogP contribution >= 0.6 is 0 Å². The summed E-state index contributed by atoms with van der Waals surface area (Å²) in [7, 11) is 0. The quantitative estimate of drug-likeness (QED) is 0.619. The monoisotopic (exact) mass is 326 g/mol. The second-order valence-electron chi connectivity index (χ2n) is 5.94. The van der Waals surface area contributed by atoms with Crippen LogP contribution in [0.3, 0.4) is 0 Å². The van der Waals surface area contributed by atoms with E-state index in [4.69, 9.17) is 9.84 Å². The van der Waals surface area contributed by atoms with Crippen molar-refractivity contribution in [2.24, 2.45) is 0 Å². The van der Waals surface area contributed by atoms with Gasteiger partial charge in [-0.15, -0.1) is 0 Å². The first kappa shape index (κ1) is 16.9. The summed E-state index contributed by atoms with van der Waals surface area (Å²) >= 11 is 0. The zero-order chi connectivity index (χ0) is 17.4. The van der Waals surface area contributed by atoms with Gasteiger partial charge in [-0.1, -0.05) is 0 Å². The van der Waals surface area contributed by atoms with Gasteiger partial charge in [-0.3, -0.25) is 19.6 Å². The molecule has 2 rings (SSSR count). The number of carbonyl (C=O) groups is 2. The molecule has 1 aliphatic heterocycles. The number of hydrogen-bond acceptors (Lipinski definition) is 6. The van der Waals surface area contributed by atoms with Gasteiger partial charge in [0.15, 0.2) is 6.10 Å². The number of carbonyl (C=O) groups excluding carboxylic acids is 1. The number of aromatic nitrogens is 2. The van der Waals surface area contributed by atoms with Crippen LogP contribution in [0.5, 0.6) is 0 Å². The lowest BCUT2D eigenvalue weighted by Gasteiger charge is -2.38. The van der Waals surface area contributed by atoms with E-state index in [1.54, 1.807) is 20.8 Å². The molecule has 0 aromatic carbocycles. The molecule has 10 nitrogen and oxygen atoms in total. The average Bonchev–Trinajstić information content (AvgIpc) is 2.96. The van der Waals surface area contributed by atoms with Crippen molar-refractivity contribution in [3.05, 3.63) is 22.5 Å². The minimum absolute atomic E-state index is 0.0781. The van der Waals surface area contributed by atoms with Crippen molar-refractivity contribution in [2.75, 3.05) is 13.1 Å². The third-order valence-electron chi connectivity index (χ3n) is 3.70. The molecule has 1 unspecified atom stereocenters. The van der Waals surface area contributed by atoms with Gasteiger partial charge in [0.05, 0.1) is 17.6 Å². The molecule has 0 bridgehead atoms. The van der Waals surface area contributed by atoms with Gasteiger partial charge in [-0.25, -0.2) is 4.79 Å². The Morgan fingerprint density at radius 1 is 1.48 bits per heavy atom. The molecule has 1 aromatic heterocycles. The Balaban J connectivity index is 2.22. The minimum Gasteiger partial charge on any atom is -0.479 e.